The molecule has 1 heterocycles. The minimum Gasteiger partial charge on any atom is -0.504 e. The van der Waals surface area contributed by atoms with Crippen LogP contribution >= 0.6 is 11.3 Å². The van der Waals surface area contributed by atoms with Crippen molar-refractivity contribution < 1.29 is 28.2 Å². The maximum absolute atomic E-state index is 13.2. The number of alkyl halides is 3. The van der Waals surface area contributed by atoms with E-state index in [2.05, 4.69) is 10.3 Å². The highest BCUT2D eigenvalue weighted by Gasteiger charge is 2.34. The van der Waals surface area contributed by atoms with Crippen LogP contribution in [0.4, 0.5) is 18.3 Å². The van der Waals surface area contributed by atoms with Crippen LogP contribution in [0.5, 0.6) is 11.5 Å². The lowest BCUT2D eigenvalue weighted by atomic mass is 9.84. The lowest BCUT2D eigenvalue weighted by molar-refractivity contribution is -0.137. The number of hydrogen-bond acceptors (Lipinski definition) is 7. The summed E-state index contributed by atoms with van der Waals surface area (Å²) >= 11 is 1.05. The maximum atomic E-state index is 13.2. The van der Waals surface area contributed by atoms with Gasteiger partial charge in [0.2, 0.25) is 0 Å². The Morgan fingerprint density at radius 3 is 2.55 bits per heavy atom. The molecule has 0 aliphatic carbocycles. The monoisotopic (exact) mass is 447 g/mol. The van der Waals surface area contributed by atoms with Gasteiger partial charge in [-0.05, 0) is 30.2 Å². The van der Waals surface area contributed by atoms with Gasteiger partial charge in [-0.25, -0.2) is 4.98 Å². The molecule has 0 saturated carbocycles. The predicted octanol–water partition coefficient (Wildman–Crippen LogP) is 4.60. The molecule has 0 fully saturated rings. The van der Waals surface area contributed by atoms with Gasteiger partial charge in [-0.2, -0.15) is 18.4 Å². The van der Waals surface area contributed by atoms with Gasteiger partial charge in [-0.1, -0.05) is 24.3 Å². The molecule has 0 radical (unpaired) electrons. The Morgan fingerprint density at radius 1 is 1.16 bits per heavy atom. The quantitative estimate of drug-likeness (QED) is 0.361. The van der Waals surface area contributed by atoms with Gasteiger partial charge in [0.25, 0.3) is 0 Å². The normalized spacial score (nSPS) is 13.2. The molecular formula is C21H16F3N3O3S. The number of nitrogens with one attached hydrogen (secondary N) is 1. The number of halogens is 3. The summed E-state index contributed by atoms with van der Waals surface area (Å²) in [4.78, 5) is 15.9. The van der Waals surface area contributed by atoms with Crippen LogP contribution in [-0.2, 0) is 17.4 Å². The van der Waals surface area contributed by atoms with E-state index in [0.29, 0.717) is 11.8 Å². The lowest BCUT2D eigenvalue weighted by Gasteiger charge is -2.20. The molecule has 0 bridgehead atoms. The van der Waals surface area contributed by atoms with Gasteiger partial charge in [0, 0.05) is 17.5 Å². The average Bonchev–Trinajstić information content (AvgIpc) is 3.22. The van der Waals surface area contributed by atoms with Crippen molar-refractivity contribution in [2.75, 3.05) is 11.9 Å². The van der Waals surface area contributed by atoms with Gasteiger partial charge >= 0.3 is 6.18 Å². The van der Waals surface area contributed by atoms with Crippen molar-refractivity contribution in [1.29, 1.82) is 5.26 Å². The van der Waals surface area contributed by atoms with E-state index in [-0.39, 0.29) is 40.9 Å². The summed E-state index contributed by atoms with van der Waals surface area (Å²) in [6.07, 6.45) is -4.11. The van der Waals surface area contributed by atoms with Crippen molar-refractivity contribution in [2.24, 2.45) is 5.41 Å². The van der Waals surface area contributed by atoms with Gasteiger partial charge in [-0.15, -0.1) is 11.3 Å². The van der Waals surface area contributed by atoms with Crippen molar-refractivity contribution in [3.8, 4) is 28.8 Å². The molecule has 0 aliphatic rings. The third-order valence-electron chi connectivity index (χ3n) is 4.58. The zero-order valence-electron chi connectivity index (χ0n) is 15.8. The van der Waals surface area contributed by atoms with Crippen molar-refractivity contribution in [2.45, 2.75) is 12.6 Å². The fourth-order valence-corrected chi connectivity index (χ4v) is 3.67. The SMILES string of the molecule is N#CC(C=O)(CNc1nc(-c2ccccc2C(F)(F)F)cs1)Cc1ccc(O)c(O)c1. The molecule has 0 spiro atoms. The molecule has 1 aromatic heterocycles. The van der Waals surface area contributed by atoms with Crippen molar-refractivity contribution in [1.82, 2.24) is 4.98 Å². The summed E-state index contributed by atoms with van der Waals surface area (Å²) in [7, 11) is 0. The molecule has 10 heteroatoms. The van der Waals surface area contributed by atoms with Gasteiger partial charge in [0.05, 0.1) is 17.3 Å². The third-order valence-corrected chi connectivity index (χ3v) is 5.38. The molecule has 1 unspecified atom stereocenters. The molecule has 31 heavy (non-hydrogen) atoms. The fourth-order valence-electron chi connectivity index (χ4n) is 2.96. The highest BCUT2D eigenvalue weighted by molar-refractivity contribution is 7.14. The third kappa shape index (κ3) is 4.95. The van der Waals surface area contributed by atoms with E-state index >= 15 is 0 Å². The second-order valence-electron chi connectivity index (χ2n) is 6.82. The topological polar surface area (TPSA) is 106 Å². The zero-order chi connectivity index (χ0) is 22.6. The van der Waals surface area contributed by atoms with E-state index in [1.165, 1.54) is 41.8 Å². The van der Waals surface area contributed by atoms with Crippen molar-refractivity contribution in [3.05, 3.63) is 59.0 Å². The number of nitriles is 1. The Bertz CT molecular complexity index is 1140. The van der Waals surface area contributed by atoms with Crippen LogP contribution in [0.3, 0.4) is 0 Å². The van der Waals surface area contributed by atoms with Crippen molar-refractivity contribution in [3.63, 3.8) is 0 Å². The molecule has 0 saturated heterocycles. The first-order chi connectivity index (χ1) is 14.7. The number of hydrogen-bond donors (Lipinski definition) is 3. The van der Waals surface area contributed by atoms with Gasteiger partial charge < -0.3 is 20.3 Å². The van der Waals surface area contributed by atoms with Crippen LogP contribution in [0.1, 0.15) is 11.1 Å². The molecule has 1 atom stereocenters. The predicted molar refractivity (Wildman–Crippen MR) is 109 cm³/mol. The Hall–Kier alpha value is -3.58. The number of carbonyl (C=O) groups is 1. The number of nitrogens with zero attached hydrogens (tertiary/aromatic N) is 2. The number of aldehydes is 1. The van der Waals surface area contributed by atoms with Crippen molar-refractivity contribution >= 4 is 22.8 Å². The first kappa shape index (κ1) is 22.1. The number of aromatic nitrogens is 1. The van der Waals surface area contributed by atoms with E-state index in [9.17, 15) is 33.4 Å². The van der Waals surface area contributed by atoms with E-state index in [1.807, 2.05) is 6.07 Å². The second kappa shape index (κ2) is 8.65. The van der Waals surface area contributed by atoms with Gasteiger partial charge in [0.1, 0.15) is 11.7 Å². The summed E-state index contributed by atoms with van der Waals surface area (Å²) in [5.41, 5.74) is -1.82. The lowest BCUT2D eigenvalue weighted by Crippen LogP contribution is -2.32. The molecule has 3 N–H and O–H groups in total. The van der Waals surface area contributed by atoms with E-state index < -0.39 is 17.2 Å². The highest BCUT2D eigenvalue weighted by Crippen LogP contribution is 2.38. The van der Waals surface area contributed by atoms with Crippen LogP contribution in [0.15, 0.2) is 47.8 Å². The summed E-state index contributed by atoms with van der Waals surface area (Å²) in [6, 6.07) is 11.0. The number of benzene rings is 2. The second-order valence-corrected chi connectivity index (χ2v) is 7.68. The molecule has 0 aliphatic heterocycles. The summed E-state index contributed by atoms with van der Waals surface area (Å²) in [6.45, 7) is -0.150. The number of rotatable bonds is 7. The highest BCUT2D eigenvalue weighted by atomic mass is 32.1. The smallest absolute Gasteiger partial charge is 0.417 e. The maximum Gasteiger partial charge on any atom is 0.417 e. The van der Waals surface area contributed by atoms with Gasteiger partial charge in [0.15, 0.2) is 16.6 Å². The molecular weight excluding hydrogens is 431 g/mol. The largest absolute Gasteiger partial charge is 0.504 e. The van der Waals surface area contributed by atoms with Gasteiger partial charge in [-0.3, -0.25) is 0 Å². The number of anilines is 1. The van der Waals surface area contributed by atoms with Crippen LogP contribution < -0.4 is 5.32 Å². The van der Waals surface area contributed by atoms with E-state index in [0.717, 1.165) is 17.4 Å². The number of phenolic OH excluding ortho intramolecular Hbond substituents is 2. The number of carbonyl (C=O) groups excluding carboxylic acids is 1. The van der Waals surface area contributed by atoms with E-state index in [1.54, 1.807) is 0 Å². The fraction of sp³-hybridized carbons (Fsp3) is 0.190. The van der Waals surface area contributed by atoms with Crippen LogP contribution in [0, 0.1) is 16.7 Å². The minimum atomic E-state index is -4.53. The molecule has 160 valence electrons. The minimum absolute atomic E-state index is 0.0526. The summed E-state index contributed by atoms with van der Waals surface area (Å²) in [5.74, 6) is -0.707. The van der Waals surface area contributed by atoms with E-state index in [4.69, 9.17) is 0 Å². The standard InChI is InChI=1S/C21H16F3N3O3S/c22-21(23,24)15-4-2-1-3-14(15)16-9-31-19(27-16)26-11-20(10-25,12-28)8-13-5-6-17(29)18(30)7-13/h1-7,9,12,29-30H,8,11H2,(H,26,27). The number of phenols is 2. The first-order valence-electron chi connectivity index (χ1n) is 8.92. The molecule has 6 nitrogen and oxygen atoms in total. The summed E-state index contributed by atoms with van der Waals surface area (Å²) < 4.78 is 39.7. The molecule has 3 aromatic rings. The van der Waals surface area contributed by atoms with Crippen LogP contribution in [0.2, 0.25) is 0 Å². The summed E-state index contributed by atoms with van der Waals surface area (Å²) in [5, 5.41) is 33.1. The Labute approximate surface area is 179 Å². The first-order valence-corrected chi connectivity index (χ1v) is 9.80. The average molecular weight is 447 g/mol. The Balaban J connectivity index is 1.79. The number of thiazole rings is 1. The zero-order valence-corrected chi connectivity index (χ0v) is 16.7. The number of aromatic hydroxyl groups is 2. The van der Waals surface area contributed by atoms with Crippen LogP contribution in [0.25, 0.3) is 11.3 Å². The van der Waals surface area contributed by atoms with Crippen LogP contribution in [-0.4, -0.2) is 28.0 Å². The Kier molecular flexibility index (Phi) is 6.17. The molecule has 2 aromatic carbocycles. The molecule has 3 rings (SSSR count). The Morgan fingerprint density at radius 2 is 1.90 bits per heavy atom. The molecule has 0 amide bonds.